The Labute approximate surface area is 189 Å². The van der Waals surface area contributed by atoms with Crippen molar-refractivity contribution in [2.45, 2.75) is 52.1 Å². The molecule has 2 atom stereocenters. The minimum atomic E-state index is 0.0775. The molecule has 0 spiro atoms. The number of nitrogens with zero attached hydrogens (tertiary/aromatic N) is 3. The fourth-order valence-electron chi connectivity index (χ4n) is 4.98. The molecule has 4 rings (SSSR count). The summed E-state index contributed by atoms with van der Waals surface area (Å²) in [4.78, 5) is 33.3. The van der Waals surface area contributed by atoms with Crippen LogP contribution < -0.4 is 0 Å². The Morgan fingerprint density at radius 1 is 1.06 bits per heavy atom. The Hall–Kier alpha value is -2.18. The average molecular weight is 440 g/mol. The molecule has 0 unspecified atom stereocenters. The van der Waals surface area contributed by atoms with Gasteiger partial charge in [-0.05, 0) is 54.8 Å². The number of hydrogen-bond acceptors (Lipinski definition) is 4. The van der Waals surface area contributed by atoms with Crippen LogP contribution in [0.15, 0.2) is 35.7 Å². The number of carbonyl (C=O) groups is 2. The molecule has 1 fully saturated rings. The number of hydrogen-bond donors (Lipinski definition) is 0. The minimum absolute atomic E-state index is 0.0775. The highest BCUT2D eigenvalue weighted by atomic mass is 32.1. The zero-order valence-electron chi connectivity index (χ0n) is 18.8. The monoisotopic (exact) mass is 439 g/mol. The summed E-state index contributed by atoms with van der Waals surface area (Å²) >= 11 is 1.83. The van der Waals surface area contributed by atoms with E-state index in [0.29, 0.717) is 32.6 Å². The van der Waals surface area contributed by atoms with Gasteiger partial charge in [0, 0.05) is 43.5 Å². The molecule has 2 aliphatic rings. The molecular weight excluding hydrogens is 406 g/mol. The SMILES string of the molecule is CCCC(=O)N1CCN(C(=O)CN2CCc3sccc3[C@H]2c2ccccc2C)C[C@H]1C. The molecule has 6 heteroatoms. The molecule has 0 saturated carbocycles. The Balaban J connectivity index is 1.49. The summed E-state index contributed by atoms with van der Waals surface area (Å²) in [6.07, 6.45) is 2.45. The first kappa shape index (κ1) is 22.0. The largest absolute Gasteiger partial charge is 0.338 e. The van der Waals surface area contributed by atoms with Gasteiger partial charge in [0.2, 0.25) is 11.8 Å². The normalized spacial score (nSPS) is 21.8. The van der Waals surface area contributed by atoms with Crippen molar-refractivity contribution in [2.75, 3.05) is 32.7 Å². The Kier molecular flexibility index (Phi) is 6.77. The molecule has 0 N–H and O–H groups in total. The van der Waals surface area contributed by atoms with E-state index < -0.39 is 0 Å². The molecule has 1 aromatic carbocycles. The van der Waals surface area contributed by atoms with Gasteiger partial charge in [-0.2, -0.15) is 0 Å². The van der Waals surface area contributed by atoms with Gasteiger partial charge < -0.3 is 9.80 Å². The summed E-state index contributed by atoms with van der Waals surface area (Å²) in [6.45, 7) is 9.46. The van der Waals surface area contributed by atoms with Gasteiger partial charge in [0.15, 0.2) is 0 Å². The van der Waals surface area contributed by atoms with E-state index in [2.05, 4.69) is 54.5 Å². The highest BCUT2D eigenvalue weighted by Gasteiger charge is 2.34. The van der Waals surface area contributed by atoms with Crippen LogP contribution in [0.3, 0.4) is 0 Å². The van der Waals surface area contributed by atoms with Crippen LogP contribution >= 0.6 is 11.3 Å². The molecule has 1 saturated heterocycles. The van der Waals surface area contributed by atoms with Crippen molar-refractivity contribution >= 4 is 23.2 Å². The molecule has 0 radical (unpaired) electrons. The number of benzene rings is 1. The Bertz CT molecular complexity index is 940. The molecule has 2 aliphatic heterocycles. The fraction of sp³-hybridized carbons (Fsp3) is 0.520. The van der Waals surface area contributed by atoms with Crippen LogP contribution in [0.4, 0.5) is 0 Å². The van der Waals surface area contributed by atoms with Crippen molar-refractivity contribution in [1.29, 1.82) is 0 Å². The minimum Gasteiger partial charge on any atom is -0.338 e. The number of aryl methyl sites for hydroxylation is 1. The second-order valence-corrected chi connectivity index (χ2v) is 9.81. The van der Waals surface area contributed by atoms with Crippen LogP contribution in [-0.4, -0.2) is 65.3 Å². The fourth-order valence-corrected chi connectivity index (χ4v) is 5.89. The summed E-state index contributed by atoms with van der Waals surface area (Å²) < 4.78 is 0. The third kappa shape index (κ3) is 4.55. The van der Waals surface area contributed by atoms with Crippen LogP contribution in [0, 0.1) is 6.92 Å². The van der Waals surface area contributed by atoms with Crippen molar-refractivity contribution in [1.82, 2.24) is 14.7 Å². The van der Waals surface area contributed by atoms with Crippen molar-refractivity contribution in [2.24, 2.45) is 0 Å². The second kappa shape index (κ2) is 9.53. The van der Waals surface area contributed by atoms with Crippen molar-refractivity contribution in [3.63, 3.8) is 0 Å². The highest BCUT2D eigenvalue weighted by molar-refractivity contribution is 7.10. The van der Waals surface area contributed by atoms with Crippen LogP contribution in [0.1, 0.15) is 54.3 Å². The number of rotatable bonds is 5. The number of piperazine rings is 1. The molecule has 3 heterocycles. The predicted octanol–water partition coefficient (Wildman–Crippen LogP) is 3.86. The van der Waals surface area contributed by atoms with E-state index in [1.807, 2.05) is 28.1 Å². The maximum atomic E-state index is 13.3. The van der Waals surface area contributed by atoms with E-state index in [9.17, 15) is 9.59 Å². The maximum Gasteiger partial charge on any atom is 0.236 e. The standard InChI is InChI=1S/C25H33N3O2S/c1-4-7-23(29)28-14-13-26(16-19(28)3)24(30)17-27-12-10-22-21(11-15-31-22)25(27)20-9-6-5-8-18(20)2/h5-6,8-9,11,15,19,25H,4,7,10,12-14,16-17H2,1-3H3/t19-,25-/m1/s1. The van der Waals surface area contributed by atoms with Gasteiger partial charge in [0.25, 0.3) is 0 Å². The average Bonchev–Trinajstić information content (AvgIpc) is 3.23. The topological polar surface area (TPSA) is 43.9 Å². The Morgan fingerprint density at radius 3 is 2.61 bits per heavy atom. The zero-order valence-corrected chi connectivity index (χ0v) is 19.7. The first-order chi connectivity index (χ1) is 15.0. The number of amides is 2. The predicted molar refractivity (Wildman–Crippen MR) is 125 cm³/mol. The molecule has 166 valence electrons. The van der Waals surface area contributed by atoms with Crippen molar-refractivity contribution in [3.05, 3.63) is 57.3 Å². The van der Waals surface area contributed by atoms with Gasteiger partial charge in [-0.1, -0.05) is 31.2 Å². The first-order valence-corrected chi connectivity index (χ1v) is 12.3. The smallest absolute Gasteiger partial charge is 0.236 e. The molecule has 2 aromatic rings. The lowest BCUT2D eigenvalue weighted by atomic mass is 9.90. The van der Waals surface area contributed by atoms with E-state index in [-0.39, 0.29) is 23.9 Å². The van der Waals surface area contributed by atoms with Gasteiger partial charge in [0.05, 0.1) is 12.6 Å². The maximum absolute atomic E-state index is 13.3. The van der Waals surface area contributed by atoms with Gasteiger partial charge in [-0.15, -0.1) is 11.3 Å². The molecule has 2 amide bonds. The number of carbonyl (C=O) groups excluding carboxylic acids is 2. The molecule has 0 bridgehead atoms. The van der Waals surface area contributed by atoms with Crippen LogP contribution in [0.25, 0.3) is 0 Å². The second-order valence-electron chi connectivity index (χ2n) is 8.80. The Morgan fingerprint density at radius 2 is 1.87 bits per heavy atom. The van der Waals surface area contributed by atoms with E-state index in [1.165, 1.54) is 21.6 Å². The summed E-state index contributed by atoms with van der Waals surface area (Å²) in [5, 5.41) is 2.18. The highest BCUT2D eigenvalue weighted by Crippen LogP contribution is 2.38. The van der Waals surface area contributed by atoms with E-state index in [1.54, 1.807) is 0 Å². The van der Waals surface area contributed by atoms with Crippen molar-refractivity contribution < 1.29 is 9.59 Å². The number of fused-ring (bicyclic) bond motifs is 1. The van der Waals surface area contributed by atoms with Gasteiger partial charge in [-0.25, -0.2) is 0 Å². The summed E-state index contributed by atoms with van der Waals surface area (Å²) in [6, 6.07) is 11.0. The zero-order chi connectivity index (χ0) is 22.0. The van der Waals surface area contributed by atoms with E-state index in [0.717, 1.165) is 19.4 Å². The van der Waals surface area contributed by atoms with E-state index >= 15 is 0 Å². The van der Waals surface area contributed by atoms with Crippen molar-refractivity contribution in [3.8, 4) is 0 Å². The summed E-state index contributed by atoms with van der Waals surface area (Å²) in [5.74, 6) is 0.384. The lowest BCUT2D eigenvalue weighted by molar-refractivity contribution is -0.143. The summed E-state index contributed by atoms with van der Waals surface area (Å²) in [5.41, 5.74) is 3.90. The first-order valence-electron chi connectivity index (χ1n) is 11.4. The number of thiophene rings is 1. The van der Waals surface area contributed by atoms with Crippen LogP contribution in [0.2, 0.25) is 0 Å². The lowest BCUT2D eigenvalue weighted by Crippen LogP contribution is -2.57. The van der Waals surface area contributed by atoms with Gasteiger partial charge in [-0.3, -0.25) is 14.5 Å². The third-order valence-corrected chi connectivity index (χ3v) is 7.65. The van der Waals surface area contributed by atoms with Crippen LogP contribution in [-0.2, 0) is 16.0 Å². The summed E-state index contributed by atoms with van der Waals surface area (Å²) in [7, 11) is 0. The van der Waals surface area contributed by atoms with Gasteiger partial charge in [0.1, 0.15) is 0 Å². The molecule has 0 aliphatic carbocycles. The molecule has 31 heavy (non-hydrogen) atoms. The van der Waals surface area contributed by atoms with Crippen LogP contribution in [0.5, 0.6) is 0 Å². The third-order valence-electron chi connectivity index (χ3n) is 6.65. The molecular formula is C25H33N3O2S. The quantitative estimate of drug-likeness (QED) is 0.711. The van der Waals surface area contributed by atoms with Gasteiger partial charge >= 0.3 is 0 Å². The lowest BCUT2D eigenvalue weighted by Gasteiger charge is -2.42. The molecule has 1 aromatic heterocycles. The van der Waals surface area contributed by atoms with E-state index in [4.69, 9.17) is 0 Å². The molecule has 5 nitrogen and oxygen atoms in total.